The van der Waals surface area contributed by atoms with Crippen molar-refractivity contribution >= 4 is 26.7 Å². The molecular weight excluding hydrogens is 322 g/mol. The van der Waals surface area contributed by atoms with E-state index in [1.165, 1.54) is 27.5 Å². The molecule has 3 aromatic rings. The van der Waals surface area contributed by atoms with Gasteiger partial charge in [-0.2, -0.15) is 0 Å². The van der Waals surface area contributed by atoms with E-state index in [0.29, 0.717) is 0 Å². The van der Waals surface area contributed by atoms with E-state index in [2.05, 4.69) is 88.8 Å². The number of hydrogen-bond acceptors (Lipinski definition) is 1. The van der Waals surface area contributed by atoms with Crippen molar-refractivity contribution in [2.75, 3.05) is 7.05 Å². The first kappa shape index (κ1) is 14.3. The van der Waals surface area contributed by atoms with Crippen LogP contribution in [0.5, 0.6) is 0 Å². The van der Waals surface area contributed by atoms with Gasteiger partial charge in [-0.05, 0) is 47.5 Å². The standard InChI is InChI=1S/C19H18BrN/c1-13-11-12-14-7-3-4-8-15(14)18(13)19(21-2)16-9-5-6-10-17(16)20/h3-12,19,21H,1-2H3. The summed E-state index contributed by atoms with van der Waals surface area (Å²) in [5.74, 6) is 0. The summed E-state index contributed by atoms with van der Waals surface area (Å²) >= 11 is 3.68. The Hall–Kier alpha value is -1.64. The van der Waals surface area contributed by atoms with Crippen molar-refractivity contribution < 1.29 is 0 Å². The average Bonchev–Trinajstić information content (AvgIpc) is 2.51. The molecule has 0 heterocycles. The van der Waals surface area contributed by atoms with Gasteiger partial charge < -0.3 is 5.32 Å². The molecule has 3 rings (SSSR count). The zero-order valence-electron chi connectivity index (χ0n) is 12.2. The van der Waals surface area contributed by atoms with Crippen LogP contribution < -0.4 is 5.32 Å². The minimum Gasteiger partial charge on any atom is -0.309 e. The van der Waals surface area contributed by atoms with E-state index in [-0.39, 0.29) is 6.04 Å². The Balaban J connectivity index is 2.27. The van der Waals surface area contributed by atoms with Crippen molar-refractivity contribution in [1.29, 1.82) is 0 Å². The summed E-state index contributed by atoms with van der Waals surface area (Å²) in [6.45, 7) is 2.18. The monoisotopic (exact) mass is 339 g/mol. The highest BCUT2D eigenvalue weighted by Crippen LogP contribution is 2.34. The van der Waals surface area contributed by atoms with Crippen LogP contribution in [0.1, 0.15) is 22.7 Å². The van der Waals surface area contributed by atoms with Gasteiger partial charge in [0, 0.05) is 4.47 Å². The first-order valence-electron chi connectivity index (χ1n) is 7.12. The van der Waals surface area contributed by atoms with Crippen LogP contribution in [-0.4, -0.2) is 7.05 Å². The van der Waals surface area contributed by atoms with Crippen molar-refractivity contribution in [3.8, 4) is 0 Å². The minimum atomic E-state index is 0.173. The Morgan fingerprint density at radius 3 is 2.38 bits per heavy atom. The van der Waals surface area contributed by atoms with Gasteiger partial charge in [-0.1, -0.05) is 70.5 Å². The highest BCUT2D eigenvalue weighted by Gasteiger charge is 2.18. The Kier molecular flexibility index (Phi) is 4.09. The molecule has 2 heteroatoms. The van der Waals surface area contributed by atoms with Crippen molar-refractivity contribution in [1.82, 2.24) is 5.32 Å². The smallest absolute Gasteiger partial charge is 0.0594 e. The zero-order valence-corrected chi connectivity index (χ0v) is 13.8. The molecule has 0 saturated carbocycles. The highest BCUT2D eigenvalue weighted by molar-refractivity contribution is 9.10. The van der Waals surface area contributed by atoms with Crippen LogP contribution in [0.25, 0.3) is 10.8 Å². The van der Waals surface area contributed by atoms with Gasteiger partial charge in [0.25, 0.3) is 0 Å². The van der Waals surface area contributed by atoms with Crippen molar-refractivity contribution in [2.45, 2.75) is 13.0 Å². The predicted octanol–water partition coefficient (Wildman–Crippen LogP) is 5.22. The first-order chi connectivity index (χ1) is 10.2. The molecule has 0 aliphatic heterocycles. The second-order valence-corrected chi connectivity index (χ2v) is 6.11. The van der Waals surface area contributed by atoms with Crippen LogP contribution in [0.2, 0.25) is 0 Å². The molecule has 0 aliphatic carbocycles. The van der Waals surface area contributed by atoms with E-state index < -0.39 is 0 Å². The second kappa shape index (κ2) is 6.00. The summed E-state index contributed by atoms with van der Waals surface area (Å²) in [7, 11) is 2.02. The summed E-state index contributed by atoms with van der Waals surface area (Å²) in [5.41, 5.74) is 3.92. The molecule has 3 aromatic carbocycles. The van der Waals surface area contributed by atoms with Crippen LogP contribution in [-0.2, 0) is 0 Å². The molecule has 0 radical (unpaired) electrons. The normalized spacial score (nSPS) is 12.5. The van der Waals surface area contributed by atoms with Gasteiger partial charge >= 0.3 is 0 Å². The fraction of sp³-hybridized carbons (Fsp3) is 0.158. The lowest BCUT2D eigenvalue weighted by Crippen LogP contribution is -2.19. The average molecular weight is 340 g/mol. The maximum Gasteiger partial charge on any atom is 0.0594 e. The van der Waals surface area contributed by atoms with Crippen LogP contribution >= 0.6 is 15.9 Å². The molecule has 1 atom stereocenters. The quantitative estimate of drug-likeness (QED) is 0.689. The van der Waals surface area contributed by atoms with Crippen LogP contribution in [0.15, 0.2) is 65.1 Å². The molecule has 0 saturated heterocycles. The van der Waals surface area contributed by atoms with Crippen molar-refractivity contribution in [2.24, 2.45) is 0 Å². The van der Waals surface area contributed by atoms with Crippen molar-refractivity contribution in [3.05, 3.63) is 81.8 Å². The number of aryl methyl sites for hydroxylation is 1. The third kappa shape index (κ3) is 2.61. The minimum absolute atomic E-state index is 0.173. The predicted molar refractivity (Wildman–Crippen MR) is 93.7 cm³/mol. The highest BCUT2D eigenvalue weighted by atomic mass is 79.9. The Morgan fingerprint density at radius 1 is 0.905 bits per heavy atom. The molecule has 1 unspecified atom stereocenters. The summed E-state index contributed by atoms with van der Waals surface area (Å²) in [4.78, 5) is 0. The number of rotatable bonds is 3. The van der Waals surface area contributed by atoms with Crippen LogP contribution in [0.3, 0.4) is 0 Å². The maximum atomic E-state index is 3.68. The largest absolute Gasteiger partial charge is 0.309 e. The Labute approximate surface area is 134 Å². The summed E-state index contributed by atoms with van der Waals surface area (Å²) < 4.78 is 1.14. The molecule has 0 fully saturated rings. The van der Waals surface area contributed by atoms with Gasteiger partial charge in [0.05, 0.1) is 6.04 Å². The van der Waals surface area contributed by atoms with Gasteiger partial charge in [-0.25, -0.2) is 0 Å². The number of nitrogens with one attached hydrogen (secondary N) is 1. The lowest BCUT2D eigenvalue weighted by molar-refractivity contribution is 0.690. The number of benzene rings is 3. The summed E-state index contributed by atoms with van der Waals surface area (Å²) in [6.07, 6.45) is 0. The zero-order chi connectivity index (χ0) is 14.8. The molecule has 0 aromatic heterocycles. The van der Waals surface area contributed by atoms with E-state index >= 15 is 0 Å². The molecule has 1 N–H and O–H groups in total. The fourth-order valence-electron chi connectivity index (χ4n) is 2.95. The van der Waals surface area contributed by atoms with Crippen LogP contribution in [0.4, 0.5) is 0 Å². The molecule has 1 nitrogen and oxygen atoms in total. The van der Waals surface area contributed by atoms with Gasteiger partial charge in [-0.3, -0.25) is 0 Å². The summed E-state index contributed by atoms with van der Waals surface area (Å²) in [5, 5.41) is 6.07. The fourth-order valence-corrected chi connectivity index (χ4v) is 3.47. The molecule has 21 heavy (non-hydrogen) atoms. The van der Waals surface area contributed by atoms with E-state index in [4.69, 9.17) is 0 Å². The van der Waals surface area contributed by atoms with E-state index in [0.717, 1.165) is 4.47 Å². The molecule has 0 amide bonds. The third-order valence-corrected chi connectivity index (χ3v) is 4.70. The third-order valence-electron chi connectivity index (χ3n) is 3.98. The first-order valence-corrected chi connectivity index (χ1v) is 7.91. The topological polar surface area (TPSA) is 12.0 Å². The Bertz CT molecular complexity index is 779. The maximum absolute atomic E-state index is 3.68. The van der Waals surface area contributed by atoms with E-state index in [1.807, 2.05) is 7.05 Å². The molecule has 0 bridgehead atoms. The second-order valence-electron chi connectivity index (χ2n) is 5.26. The number of hydrogen-bond donors (Lipinski definition) is 1. The van der Waals surface area contributed by atoms with Crippen molar-refractivity contribution in [3.63, 3.8) is 0 Å². The summed E-state index contributed by atoms with van der Waals surface area (Å²) in [6, 6.07) is 21.6. The van der Waals surface area contributed by atoms with Gasteiger partial charge in [0.2, 0.25) is 0 Å². The SMILES string of the molecule is CNC(c1ccccc1Br)c1c(C)ccc2ccccc12. The lowest BCUT2D eigenvalue weighted by atomic mass is 9.90. The molecule has 106 valence electrons. The van der Waals surface area contributed by atoms with E-state index in [9.17, 15) is 0 Å². The van der Waals surface area contributed by atoms with Gasteiger partial charge in [0.15, 0.2) is 0 Å². The molecular formula is C19H18BrN. The van der Waals surface area contributed by atoms with Crippen LogP contribution in [0, 0.1) is 6.92 Å². The van der Waals surface area contributed by atoms with Gasteiger partial charge in [-0.15, -0.1) is 0 Å². The van der Waals surface area contributed by atoms with E-state index in [1.54, 1.807) is 0 Å². The lowest BCUT2D eigenvalue weighted by Gasteiger charge is -2.22. The van der Waals surface area contributed by atoms with Gasteiger partial charge in [0.1, 0.15) is 0 Å². The number of fused-ring (bicyclic) bond motifs is 1. The number of halogens is 1. The molecule has 0 aliphatic rings. The Morgan fingerprint density at radius 2 is 1.62 bits per heavy atom. The molecule has 0 spiro atoms.